The Bertz CT molecular complexity index is 941. The lowest BCUT2D eigenvalue weighted by atomic mass is 10.1. The average molecular weight is 337 g/mol. The number of fused-ring (bicyclic) bond motifs is 1. The molecule has 0 amide bonds. The summed E-state index contributed by atoms with van der Waals surface area (Å²) in [6.45, 7) is 0. The number of aromatic nitrogens is 3. The van der Waals surface area contributed by atoms with Gasteiger partial charge in [0, 0.05) is 12.4 Å². The molecule has 7 heteroatoms. The highest BCUT2D eigenvalue weighted by atomic mass is 16.3. The van der Waals surface area contributed by atoms with Crippen LogP contribution >= 0.6 is 0 Å². The summed E-state index contributed by atoms with van der Waals surface area (Å²) in [7, 11) is 0. The molecule has 0 aromatic carbocycles. The van der Waals surface area contributed by atoms with Crippen molar-refractivity contribution in [3.8, 4) is 0 Å². The molecule has 0 radical (unpaired) electrons. The fourth-order valence-corrected chi connectivity index (χ4v) is 3.24. The van der Waals surface area contributed by atoms with Crippen LogP contribution in [-0.2, 0) is 0 Å². The molecule has 3 aromatic heterocycles. The van der Waals surface area contributed by atoms with Crippen LogP contribution in [0.5, 0.6) is 0 Å². The van der Waals surface area contributed by atoms with E-state index < -0.39 is 6.10 Å². The molecule has 0 bridgehead atoms. The highest BCUT2D eigenvalue weighted by molar-refractivity contribution is 5.93. The highest BCUT2D eigenvalue weighted by Gasteiger charge is 2.26. The zero-order chi connectivity index (χ0) is 17.2. The predicted molar refractivity (Wildman–Crippen MR) is 97.2 cm³/mol. The van der Waals surface area contributed by atoms with Crippen molar-refractivity contribution in [3.63, 3.8) is 0 Å². The van der Waals surface area contributed by atoms with Crippen LogP contribution in [0.25, 0.3) is 10.8 Å². The molecule has 1 saturated carbocycles. The topological polar surface area (TPSA) is 103 Å². The minimum Gasteiger partial charge on any atom is -0.391 e. The van der Waals surface area contributed by atoms with E-state index in [2.05, 4.69) is 25.6 Å². The van der Waals surface area contributed by atoms with Gasteiger partial charge in [-0.1, -0.05) is 6.07 Å². The minimum atomic E-state index is -0.424. The fourth-order valence-electron chi connectivity index (χ4n) is 3.24. The number of aromatic amines is 1. The van der Waals surface area contributed by atoms with Crippen LogP contribution in [0.2, 0.25) is 0 Å². The van der Waals surface area contributed by atoms with Gasteiger partial charge in [0.05, 0.1) is 17.5 Å². The molecule has 1 fully saturated rings. The van der Waals surface area contributed by atoms with E-state index in [0.29, 0.717) is 22.8 Å². The second-order valence-electron chi connectivity index (χ2n) is 6.22. The molecular weight excluding hydrogens is 318 g/mol. The Labute approximate surface area is 144 Å². The second-order valence-corrected chi connectivity index (χ2v) is 6.22. The zero-order valence-electron chi connectivity index (χ0n) is 13.6. The second kappa shape index (κ2) is 6.52. The lowest BCUT2D eigenvalue weighted by molar-refractivity contribution is 0.171. The fraction of sp³-hybridized carbons (Fsp3) is 0.278. The van der Waals surface area contributed by atoms with Gasteiger partial charge < -0.3 is 20.7 Å². The number of H-pyrrole nitrogens is 1. The Morgan fingerprint density at radius 1 is 1.20 bits per heavy atom. The van der Waals surface area contributed by atoms with E-state index in [1.54, 1.807) is 12.4 Å². The Morgan fingerprint density at radius 2 is 2.12 bits per heavy atom. The lowest BCUT2D eigenvalue weighted by Crippen LogP contribution is -2.29. The molecule has 4 rings (SSSR count). The van der Waals surface area contributed by atoms with Gasteiger partial charge in [-0.05, 0) is 48.9 Å². The summed E-state index contributed by atoms with van der Waals surface area (Å²) in [6, 6.07) is 9.12. The van der Waals surface area contributed by atoms with E-state index in [0.717, 1.165) is 24.6 Å². The van der Waals surface area contributed by atoms with Crippen molar-refractivity contribution in [2.24, 2.45) is 0 Å². The van der Waals surface area contributed by atoms with Crippen LogP contribution in [0.4, 0.5) is 17.5 Å². The number of aliphatic hydroxyl groups is 1. The average Bonchev–Trinajstić information content (AvgIpc) is 3.00. The third-order valence-electron chi connectivity index (χ3n) is 4.48. The molecule has 1 aliphatic carbocycles. The molecule has 4 N–H and O–H groups in total. The molecule has 25 heavy (non-hydrogen) atoms. The zero-order valence-corrected chi connectivity index (χ0v) is 13.6. The number of aliphatic hydroxyl groups excluding tert-OH is 1. The minimum absolute atomic E-state index is 0.0968. The smallest absolute Gasteiger partial charge is 0.259 e. The summed E-state index contributed by atoms with van der Waals surface area (Å²) >= 11 is 0. The van der Waals surface area contributed by atoms with Crippen molar-refractivity contribution in [2.45, 2.75) is 31.4 Å². The number of hydrogen-bond acceptors (Lipinski definition) is 6. The van der Waals surface area contributed by atoms with Gasteiger partial charge in [-0.3, -0.25) is 4.79 Å². The summed E-state index contributed by atoms with van der Waals surface area (Å²) in [4.78, 5) is 23.8. The van der Waals surface area contributed by atoms with E-state index in [-0.39, 0.29) is 11.6 Å². The number of pyridine rings is 3. The Morgan fingerprint density at radius 3 is 2.88 bits per heavy atom. The van der Waals surface area contributed by atoms with Gasteiger partial charge in [-0.2, -0.15) is 0 Å². The first-order valence-corrected chi connectivity index (χ1v) is 8.36. The van der Waals surface area contributed by atoms with E-state index >= 15 is 0 Å². The predicted octanol–water partition coefficient (Wildman–Crippen LogP) is 2.39. The Hall–Kier alpha value is -2.93. The van der Waals surface area contributed by atoms with Crippen LogP contribution in [0.15, 0.2) is 47.5 Å². The molecule has 2 unspecified atom stereocenters. The molecule has 2 atom stereocenters. The Kier molecular flexibility index (Phi) is 4.07. The van der Waals surface area contributed by atoms with Gasteiger partial charge in [-0.25, -0.2) is 9.97 Å². The van der Waals surface area contributed by atoms with Gasteiger partial charge in [-0.15, -0.1) is 0 Å². The maximum absolute atomic E-state index is 12.3. The number of nitrogens with zero attached hydrogens (tertiary/aromatic N) is 2. The van der Waals surface area contributed by atoms with Crippen LogP contribution in [0.1, 0.15) is 19.3 Å². The number of nitrogens with one attached hydrogen (secondary N) is 3. The maximum atomic E-state index is 12.3. The van der Waals surface area contributed by atoms with Crippen LogP contribution < -0.4 is 16.2 Å². The van der Waals surface area contributed by atoms with Crippen LogP contribution in [0, 0.1) is 0 Å². The molecule has 1 aliphatic rings. The van der Waals surface area contributed by atoms with Crippen molar-refractivity contribution in [1.29, 1.82) is 0 Å². The van der Waals surface area contributed by atoms with Gasteiger partial charge in [0.2, 0.25) is 0 Å². The molecule has 0 aliphatic heterocycles. The van der Waals surface area contributed by atoms with E-state index in [4.69, 9.17) is 0 Å². The summed E-state index contributed by atoms with van der Waals surface area (Å²) in [5.41, 5.74) is -0.204. The van der Waals surface area contributed by atoms with Gasteiger partial charge >= 0.3 is 0 Å². The Balaban J connectivity index is 1.76. The largest absolute Gasteiger partial charge is 0.391 e. The van der Waals surface area contributed by atoms with Crippen molar-refractivity contribution in [1.82, 2.24) is 15.0 Å². The van der Waals surface area contributed by atoms with Crippen LogP contribution in [0.3, 0.4) is 0 Å². The van der Waals surface area contributed by atoms with Crippen molar-refractivity contribution in [2.75, 3.05) is 10.6 Å². The monoisotopic (exact) mass is 337 g/mol. The highest BCUT2D eigenvalue weighted by Crippen LogP contribution is 2.27. The molecule has 3 aromatic rings. The van der Waals surface area contributed by atoms with Crippen molar-refractivity contribution >= 4 is 28.2 Å². The van der Waals surface area contributed by atoms with Gasteiger partial charge in [0.25, 0.3) is 5.56 Å². The third kappa shape index (κ3) is 3.18. The van der Waals surface area contributed by atoms with E-state index in [9.17, 15) is 9.90 Å². The maximum Gasteiger partial charge on any atom is 0.259 e. The van der Waals surface area contributed by atoms with Crippen LogP contribution in [-0.4, -0.2) is 32.2 Å². The van der Waals surface area contributed by atoms with Crippen molar-refractivity contribution in [3.05, 3.63) is 53.1 Å². The molecule has 7 nitrogen and oxygen atoms in total. The molecule has 3 heterocycles. The van der Waals surface area contributed by atoms with Crippen molar-refractivity contribution < 1.29 is 5.11 Å². The summed E-state index contributed by atoms with van der Waals surface area (Å²) in [5.74, 6) is 1.74. The standard InChI is InChI=1S/C18H19N5O2/c24-13-5-3-4-12(13)21-17-16-11(7-9-20-18(16)25)10-15(23-17)22-14-6-1-2-8-19-14/h1-2,6-10,12-13,24H,3-5H2,(H,20,25)(H2,19,21,22,23). The van der Waals surface area contributed by atoms with Gasteiger partial charge in [0.15, 0.2) is 0 Å². The molecular formula is C18H19N5O2. The quantitative estimate of drug-likeness (QED) is 0.583. The van der Waals surface area contributed by atoms with E-state index in [1.165, 1.54) is 0 Å². The van der Waals surface area contributed by atoms with E-state index in [1.807, 2.05) is 30.3 Å². The molecule has 0 saturated heterocycles. The first-order chi connectivity index (χ1) is 12.2. The molecule has 128 valence electrons. The summed E-state index contributed by atoms with van der Waals surface area (Å²) in [5, 5.41) is 17.8. The number of rotatable bonds is 4. The summed E-state index contributed by atoms with van der Waals surface area (Å²) < 4.78 is 0. The SMILES string of the molecule is O=c1[nH]ccc2cc(Nc3ccccn3)nc(NC3CCCC3O)c12. The first-order valence-electron chi connectivity index (χ1n) is 8.36. The van der Waals surface area contributed by atoms with Gasteiger partial charge in [0.1, 0.15) is 17.5 Å². The normalized spacial score (nSPS) is 19.9. The first kappa shape index (κ1) is 15.6. The lowest BCUT2D eigenvalue weighted by Gasteiger charge is -2.19. The molecule has 0 spiro atoms. The summed E-state index contributed by atoms with van der Waals surface area (Å²) in [6.07, 6.45) is 5.46. The third-order valence-corrected chi connectivity index (χ3v) is 4.48. The number of hydrogen-bond donors (Lipinski definition) is 4. The number of anilines is 3.